The minimum atomic E-state index is -3.56. The molecule has 6 heteroatoms. The summed E-state index contributed by atoms with van der Waals surface area (Å²) in [5.74, 6) is 0. The van der Waals surface area contributed by atoms with Crippen LogP contribution in [0.4, 0.5) is 0 Å². The Hall–Kier alpha value is -0.950. The third-order valence-corrected chi connectivity index (χ3v) is 5.21. The lowest BCUT2D eigenvalue weighted by atomic mass is 10.0. The van der Waals surface area contributed by atoms with Crippen LogP contribution in [0.15, 0.2) is 29.2 Å². The van der Waals surface area contributed by atoms with Crippen LogP contribution in [0.25, 0.3) is 0 Å². The van der Waals surface area contributed by atoms with Crippen molar-refractivity contribution >= 4 is 10.0 Å². The van der Waals surface area contributed by atoms with Crippen molar-refractivity contribution in [1.29, 1.82) is 0 Å². The molecule has 1 saturated heterocycles. The number of sulfonamides is 1. The molecule has 0 spiro atoms. The predicted octanol–water partition coefficient (Wildman–Crippen LogP) is 0.111. The molecule has 2 rings (SSSR count). The highest BCUT2D eigenvalue weighted by atomic mass is 32.2. The van der Waals surface area contributed by atoms with E-state index in [-0.39, 0.29) is 4.90 Å². The standard InChI is InChI=1S/C12H17NO4S/c1-9-2-4-10(5-3-9)18(16,17)13-7-6-11(13)12(15)8-14/h2-5,11-12,14-15H,6-8H2,1H3/t11-,12-/m1/s1. The Balaban J connectivity index is 2.24. The molecule has 2 N–H and O–H groups in total. The second-order valence-electron chi connectivity index (χ2n) is 4.53. The summed E-state index contributed by atoms with van der Waals surface area (Å²) in [6.45, 7) is 1.85. The molecule has 1 heterocycles. The van der Waals surface area contributed by atoms with Crippen molar-refractivity contribution in [2.45, 2.75) is 30.4 Å². The van der Waals surface area contributed by atoms with Gasteiger partial charge >= 0.3 is 0 Å². The van der Waals surface area contributed by atoms with Crippen LogP contribution in [-0.2, 0) is 10.0 Å². The van der Waals surface area contributed by atoms with E-state index in [9.17, 15) is 13.5 Å². The number of rotatable bonds is 4. The quantitative estimate of drug-likeness (QED) is 0.815. The van der Waals surface area contributed by atoms with Gasteiger partial charge in [-0.25, -0.2) is 8.42 Å². The number of aliphatic hydroxyl groups excluding tert-OH is 2. The minimum Gasteiger partial charge on any atom is -0.394 e. The fourth-order valence-electron chi connectivity index (χ4n) is 2.03. The second-order valence-corrected chi connectivity index (χ2v) is 6.43. The zero-order valence-corrected chi connectivity index (χ0v) is 11.0. The van der Waals surface area contributed by atoms with Crippen LogP contribution in [0.1, 0.15) is 12.0 Å². The van der Waals surface area contributed by atoms with Crippen molar-refractivity contribution in [3.05, 3.63) is 29.8 Å². The van der Waals surface area contributed by atoms with Crippen molar-refractivity contribution in [2.24, 2.45) is 0 Å². The molecule has 1 aromatic carbocycles. The fourth-order valence-corrected chi connectivity index (χ4v) is 3.73. The predicted molar refractivity (Wildman–Crippen MR) is 66.6 cm³/mol. The SMILES string of the molecule is Cc1ccc(S(=O)(=O)N2CC[C@@H]2[C@H](O)CO)cc1. The largest absolute Gasteiger partial charge is 0.394 e. The molecule has 100 valence electrons. The first kappa shape index (κ1) is 13.5. The molecule has 1 fully saturated rings. The summed E-state index contributed by atoms with van der Waals surface area (Å²) < 4.78 is 25.8. The average Bonchev–Trinajstić information content (AvgIpc) is 2.27. The summed E-state index contributed by atoms with van der Waals surface area (Å²) in [4.78, 5) is 0.225. The van der Waals surface area contributed by atoms with Gasteiger partial charge in [0.15, 0.2) is 0 Å². The number of hydrogen-bond acceptors (Lipinski definition) is 4. The number of benzene rings is 1. The van der Waals surface area contributed by atoms with Gasteiger partial charge in [0.2, 0.25) is 10.0 Å². The van der Waals surface area contributed by atoms with Gasteiger partial charge < -0.3 is 10.2 Å². The van der Waals surface area contributed by atoms with Gasteiger partial charge in [0, 0.05) is 6.54 Å². The van der Waals surface area contributed by atoms with Gasteiger partial charge in [-0.1, -0.05) is 17.7 Å². The fraction of sp³-hybridized carbons (Fsp3) is 0.500. The summed E-state index contributed by atoms with van der Waals surface area (Å²) >= 11 is 0. The molecule has 0 aromatic heterocycles. The topological polar surface area (TPSA) is 77.8 Å². The Morgan fingerprint density at radius 3 is 2.44 bits per heavy atom. The third kappa shape index (κ3) is 2.29. The molecule has 1 aliphatic rings. The minimum absolute atomic E-state index is 0.225. The molecule has 0 amide bonds. The van der Waals surface area contributed by atoms with Gasteiger partial charge in [-0.2, -0.15) is 4.31 Å². The lowest BCUT2D eigenvalue weighted by Gasteiger charge is -2.41. The maximum absolute atomic E-state index is 12.3. The Kier molecular flexibility index (Phi) is 3.72. The van der Waals surface area contributed by atoms with Crippen molar-refractivity contribution < 1.29 is 18.6 Å². The molecular formula is C12H17NO4S. The molecule has 1 aromatic rings. The molecule has 18 heavy (non-hydrogen) atoms. The van der Waals surface area contributed by atoms with Gasteiger partial charge in [-0.05, 0) is 25.5 Å². The molecular weight excluding hydrogens is 254 g/mol. The highest BCUT2D eigenvalue weighted by molar-refractivity contribution is 7.89. The maximum Gasteiger partial charge on any atom is 0.243 e. The first-order valence-electron chi connectivity index (χ1n) is 5.84. The van der Waals surface area contributed by atoms with E-state index in [1.54, 1.807) is 24.3 Å². The lowest BCUT2D eigenvalue weighted by molar-refractivity contribution is 0.00147. The molecule has 0 radical (unpaired) electrons. The summed E-state index contributed by atoms with van der Waals surface area (Å²) in [5, 5.41) is 18.4. The lowest BCUT2D eigenvalue weighted by Crippen LogP contribution is -2.57. The zero-order valence-electron chi connectivity index (χ0n) is 10.2. The van der Waals surface area contributed by atoms with E-state index in [2.05, 4.69) is 0 Å². The highest BCUT2D eigenvalue weighted by Gasteiger charge is 2.41. The molecule has 2 atom stereocenters. The van der Waals surface area contributed by atoms with Crippen molar-refractivity contribution in [3.63, 3.8) is 0 Å². The number of hydrogen-bond donors (Lipinski definition) is 2. The Bertz CT molecular complexity index is 511. The maximum atomic E-state index is 12.3. The number of nitrogens with zero attached hydrogens (tertiary/aromatic N) is 1. The van der Waals surface area contributed by atoms with Crippen molar-refractivity contribution in [1.82, 2.24) is 4.31 Å². The molecule has 5 nitrogen and oxygen atoms in total. The van der Waals surface area contributed by atoms with Gasteiger partial charge in [0.25, 0.3) is 0 Å². The molecule has 0 aliphatic carbocycles. The average molecular weight is 271 g/mol. The van der Waals surface area contributed by atoms with E-state index in [1.807, 2.05) is 6.92 Å². The van der Waals surface area contributed by atoms with Gasteiger partial charge in [0.05, 0.1) is 23.6 Å². The number of aliphatic hydroxyl groups is 2. The van der Waals surface area contributed by atoms with Gasteiger partial charge in [-0.15, -0.1) is 0 Å². The summed E-state index contributed by atoms with van der Waals surface area (Å²) in [6, 6.07) is 6.09. The summed E-state index contributed by atoms with van der Waals surface area (Å²) in [6.07, 6.45) is -0.439. The van der Waals surface area contributed by atoms with Crippen LogP contribution in [0.5, 0.6) is 0 Å². The first-order valence-corrected chi connectivity index (χ1v) is 7.28. The van der Waals surface area contributed by atoms with Crippen molar-refractivity contribution in [3.8, 4) is 0 Å². The van der Waals surface area contributed by atoms with Crippen molar-refractivity contribution in [2.75, 3.05) is 13.2 Å². The van der Waals surface area contributed by atoms with Gasteiger partial charge in [-0.3, -0.25) is 0 Å². The summed E-state index contributed by atoms with van der Waals surface area (Å²) in [7, 11) is -3.56. The van der Waals surface area contributed by atoms with E-state index in [1.165, 1.54) is 4.31 Å². The van der Waals surface area contributed by atoms with E-state index in [0.29, 0.717) is 13.0 Å². The van der Waals surface area contributed by atoms with E-state index >= 15 is 0 Å². The third-order valence-electron chi connectivity index (χ3n) is 3.27. The molecule has 0 unspecified atom stereocenters. The monoisotopic (exact) mass is 271 g/mol. The Morgan fingerprint density at radius 2 is 2.00 bits per heavy atom. The van der Waals surface area contributed by atoms with Crippen LogP contribution in [0.3, 0.4) is 0 Å². The van der Waals surface area contributed by atoms with Gasteiger partial charge in [0.1, 0.15) is 0 Å². The number of aryl methyl sites for hydroxylation is 1. The summed E-state index contributed by atoms with van der Waals surface area (Å²) in [5.41, 5.74) is 0.990. The smallest absolute Gasteiger partial charge is 0.243 e. The molecule has 1 aliphatic heterocycles. The van der Waals surface area contributed by atoms with E-state index in [4.69, 9.17) is 5.11 Å². The second kappa shape index (κ2) is 4.97. The zero-order chi connectivity index (χ0) is 13.3. The van der Waals surface area contributed by atoms with Crippen LogP contribution in [-0.4, -0.2) is 48.2 Å². The molecule has 0 saturated carbocycles. The van der Waals surface area contributed by atoms with Crippen LogP contribution >= 0.6 is 0 Å². The highest BCUT2D eigenvalue weighted by Crippen LogP contribution is 2.28. The Morgan fingerprint density at radius 1 is 1.39 bits per heavy atom. The van der Waals surface area contributed by atoms with Crippen LogP contribution in [0.2, 0.25) is 0 Å². The molecule has 0 bridgehead atoms. The first-order chi connectivity index (χ1) is 8.46. The van der Waals surface area contributed by atoms with E-state index < -0.39 is 28.8 Å². The normalized spacial score (nSPS) is 22.5. The van der Waals surface area contributed by atoms with Crippen LogP contribution < -0.4 is 0 Å². The van der Waals surface area contributed by atoms with E-state index in [0.717, 1.165) is 5.56 Å². The Labute approximate surface area is 107 Å². The van der Waals surface area contributed by atoms with Crippen LogP contribution in [0, 0.1) is 6.92 Å².